The van der Waals surface area contributed by atoms with Gasteiger partial charge in [-0.05, 0) is 61.2 Å². The molecule has 0 bridgehead atoms. The van der Waals surface area contributed by atoms with E-state index >= 15 is 0 Å². The first-order valence-electron chi connectivity index (χ1n) is 9.32. The molecule has 4 rings (SSSR count). The Hall–Kier alpha value is -3.86. The molecule has 0 aliphatic carbocycles. The highest BCUT2D eigenvalue weighted by molar-refractivity contribution is 5.95. The van der Waals surface area contributed by atoms with E-state index < -0.39 is 0 Å². The van der Waals surface area contributed by atoms with Gasteiger partial charge in [-0.25, -0.2) is 0 Å². The standard InChI is InChI=1S/C24H20N4O/c1-16-7-10-19(11-8-16)25-26-20-12-13-22(17(2)15-20)27-28-24-21-6-4-3-5-18(21)9-14-23(24)29/h3-15,29H,1-2H3. The summed E-state index contributed by atoms with van der Waals surface area (Å²) in [6.45, 7) is 3.98. The molecule has 0 aliphatic rings. The minimum absolute atomic E-state index is 0.105. The number of rotatable bonds is 4. The molecule has 5 heteroatoms. The Bertz CT molecular complexity index is 1230. The first kappa shape index (κ1) is 18.5. The lowest BCUT2D eigenvalue weighted by Crippen LogP contribution is -1.76. The highest BCUT2D eigenvalue weighted by Crippen LogP contribution is 2.36. The molecule has 0 heterocycles. The Labute approximate surface area is 169 Å². The van der Waals surface area contributed by atoms with Gasteiger partial charge >= 0.3 is 0 Å². The Morgan fingerprint density at radius 3 is 2.17 bits per heavy atom. The number of hydrogen-bond donors (Lipinski definition) is 1. The van der Waals surface area contributed by atoms with Crippen LogP contribution in [-0.2, 0) is 0 Å². The molecule has 0 radical (unpaired) electrons. The van der Waals surface area contributed by atoms with Crippen LogP contribution < -0.4 is 0 Å². The molecule has 0 atom stereocenters. The third-order valence-electron chi connectivity index (χ3n) is 4.63. The minimum Gasteiger partial charge on any atom is -0.506 e. The molecule has 29 heavy (non-hydrogen) atoms. The first-order chi connectivity index (χ1) is 14.1. The summed E-state index contributed by atoms with van der Waals surface area (Å²) in [4.78, 5) is 0. The van der Waals surface area contributed by atoms with Crippen molar-refractivity contribution in [2.75, 3.05) is 0 Å². The average Bonchev–Trinajstić information content (AvgIpc) is 2.74. The number of azo groups is 2. The van der Waals surface area contributed by atoms with E-state index in [-0.39, 0.29) is 5.75 Å². The van der Waals surface area contributed by atoms with Gasteiger partial charge in [0.1, 0.15) is 11.4 Å². The molecule has 0 aliphatic heterocycles. The molecule has 4 aromatic carbocycles. The zero-order valence-electron chi connectivity index (χ0n) is 16.2. The number of fused-ring (bicyclic) bond motifs is 1. The van der Waals surface area contributed by atoms with Crippen LogP contribution in [0.3, 0.4) is 0 Å². The molecular weight excluding hydrogens is 360 g/mol. The van der Waals surface area contributed by atoms with Gasteiger partial charge in [0.15, 0.2) is 0 Å². The molecule has 0 spiro atoms. The van der Waals surface area contributed by atoms with E-state index in [1.165, 1.54) is 5.56 Å². The van der Waals surface area contributed by atoms with Crippen molar-refractivity contribution in [2.24, 2.45) is 20.5 Å². The van der Waals surface area contributed by atoms with Crippen molar-refractivity contribution in [3.8, 4) is 5.75 Å². The number of hydrogen-bond acceptors (Lipinski definition) is 5. The summed E-state index contributed by atoms with van der Waals surface area (Å²) >= 11 is 0. The van der Waals surface area contributed by atoms with Crippen LogP contribution in [0.4, 0.5) is 22.7 Å². The Balaban J connectivity index is 1.59. The lowest BCUT2D eigenvalue weighted by molar-refractivity contribution is 0.477. The predicted octanol–water partition coefficient (Wildman–Crippen LogP) is 7.99. The van der Waals surface area contributed by atoms with E-state index in [1.807, 2.05) is 86.6 Å². The maximum absolute atomic E-state index is 10.2. The number of aromatic hydroxyl groups is 1. The summed E-state index contributed by atoms with van der Waals surface area (Å²) in [5, 5.41) is 29.3. The van der Waals surface area contributed by atoms with E-state index in [9.17, 15) is 5.11 Å². The Morgan fingerprint density at radius 2 is 1.38 bits per heavy atom. The lowest BCUT2D eigenvalue weighted by Gasteiger charge is -2.04. The largest absolute Gasteiger partial charge is 0.506 e. The topological polar surface area (TPSA) is 69.7 Å². The number of phenolic OH excluding ortho intramolecular Hbond substituents is 1. The van der Waals surface area contributed by atoms with Gasteiger partial charge in [0, 0.05) is 5.39 Å². The van der Waals surface area contributed by atoms with Crippen LogP contribution in [0.25, 0.3) is 10.8 Å². The van der Waals surface area contributed by atoms with Crippen molar-refractivity contribution in [1.82, 2.24) is 0 Å². The van der Waals surface area contributed by atoms with Gasteiger partial charge in [-0.1, -0.05) is 48.0 Å². The van der Waals surface area contributed by atoms with Crippen LogP contribution in [0.15, 0.2) is 99.3 Å². The molecule has 0 aromatic heterocycles. The predicted molar refractivity (Wildman–Crippen MR) is 116 cm³/mol. The number of benzene rings is 4. The Morgan fingerprint density at radius 1 is 0.655 bits per heavy atom. The minimum atomic E-state index is 0.105. The quantitative estimate of drug-likeness (QED) is 0.358. The van der Waals surface area contributed by atoms with Crippen molar-refractivity contribution in [2.45, 2.75) is 13.8 Å². The van der Waals surface area contributed by atoms with Gasteiger partial charge in [-0.3, -0.25) is 0 Å². The number of aryl methyl sites for hydroxylation is 2. The molecule has 0 amide bonds. The van der Waals surface area contributed by atoms with Crippen LogP contribution >= 0.6 is 0 Å². The fraction of sp³-hybridized carbons (Fsp3) is 0.0833. The second kappa shape index (κ2) is 8.02. The van der Waals surface area contributed by atoms with Crippen molar-refractivity contribution in [3.05, 3.63) is 90.0 Å². The van der Waals surface area contributed by atoms with E-state index in [1.54, 1.807) is 6.07 Å². The van der Waals surface area contributed by atoms with E-state index in [2.05, 4.69) is 20.5 Å². The SMILES string of the molecule is Cc1ccc(N=Nc2ccc(N=Nc3c(O)ccc4ccccc34)c(C)c2)cc1. The van der Waals surface area contributed by atoms with Crippen molar-refractivity contribution < 1.29 is 5.11 Å². The molecular formula is C24H20N4O. The first-order valence-corrected chi connectivity index (χ1v) is 9.32. The Kier molecular flexibility index (Phi) is 5.12. The number of nitrogens with zero attached hydrogens (tertiary/aromatic N) is 4. The van der Waals surface area contributed by atoms with Gasteiger partial charge in [0.25, 0.3) is 0 Å². The second-order valence-corrected chi connectivity index (χ2v) is 6.86. The fourth-order valence-electron chi connectivity index (χ4n) is 2.99. The van der Waals surface area contributed by atoms with Crippen molar-refractivity contribution in [3.63, 3.8) is 0 Å². The summed E-state index contributed by atoms with van der Waals surface area (Å²) in [6.07, 6.45) is 0. The summed E-state index contributed by atoms with van der Waals surface area (Å²) in [5.74, 6) is 0.105. The summed E-state index contributed by atoms with van der Waals surface area (Å²) < 4.78 is 0. The highest BCUT2D eigenvalue weighted by atomic mass is 16.3. The van der Waals surface area contributed by atoms with Gasteiger partial charge < -0.3 is 5.11 Å². The van der Waals surface area contributed by atoms with Gasteiger partial charge in [-0.2, -0.15) is 15.3 Å². The van der Waals surface area contributed by atoms with Crippen LogP contribution in [-0.4, -0.2) is 5.11 Å². The molecule has 5 nitrogen and oxygen atoms in total. The van der Waals surface area contributed by atoms with Crippen LogP contribution in [0, 0.1) is 13.8 Å². The molecule has 0 unspecified atom stereocenters. The fourth-order valence-corrected chi connectivity index (χ4v) is 2.99. The van der Waals surface area contributed by atoms with Gasteiger partial charge in [-0.15, -0.1) is 5.11 Å². The zero-order valence-corrected chi connectivity index (χ0v) is 16.2. The average molecular weight is 380 g/mol. The molecule has 142 valence electrons. The van der Waals surface area contributed by atoms with E-state index in [4.69, 9.17) is 0 Å². The maximum Gasteiger partial charge on any atom is 0.143 e. The van der Waals surface area contributed by atoms with Crippen LogP contribution in [0.5, 0.6) is 5.75 Å². The maximum atomic E-state index is 10.2. The van der Waals surface area contributed by atoms with Crippen LogP contribution in [0.2, 0.25) is 0 Å². The molecule has 0 fully saturated rings. The second-order valence-electron chi connectivity index (χ2n) is 6.86. The molecule has 0 saturated heterocycles. The molecule has 1 N–H and O–H groups in total. The third-order valence-corrected chi connectivity index (χ3v) is 4.63. The van der Waals surface area contributed by atoms with Gasteiger partial charge in [0.05, 0.1) is 17.1 Å². The third kappa shape index (κ3) is 4.19. The summed E-state index contributed by atoms with van der Waals surface area (Å²) in [7, 11) is 0. The van der Waals surface area contributed by atoms with Crippen LogP contribution in [0.1, 0.15) is 11.1 Å². The lowest BCUT2D eigenvalue weighted by atomic mass is 10.1. The zero-order chi connectivity index (χ0) is 20.2. The van der Waals surface area contributed by atoms with Crippen molar-refractivity contribution >= 4 is 33.5 Å². The monoisotopic (exact) mass is 380 g/mol. The van der Waals surface area contributed by atoms with E-state index in [0.717, 1.165) is 27.7 Å². The van der Waals surface area contributed by atoms with Gasteiger partial charge in [0.2, 0.25) is 0 Å². The normalized spacial score (nSPS) is 11.7. The summed E-state index contributed by atoms with van der Waals surface area (Å²) in [5.41, 5.74) is 4.84. The molecule has 0 saturated carbocycles. The molecule has 4 aromatic rings. The summed E-state index contributed by atoms with van der Waals surface area (Å²) in [6, 6.07) is 24.8. The number of phenols is 1. The van der Waals surface area contributed by atoms with E-state index in [0.29, 0.717) is 11.4 Å². The smallest absolute Gasteiger partial charge is 0.143 e. The highest BCUT2D eigenvalue weighted by Gasteiger charge is 2.06. The van der Waals surface area contributed by atoms with Crippen molar-refractivity contribution in [1.29, 1.82) is 0 Å².